The summed E-state index contributed by atoms with van der Waals surface area (Å²) in [5, 5.41) is 2.93. The average Bonchev–Trinajstić information content (AvgIpc) is 2.69. The summed E-state index contributed by atoms with van der Waals surface area (Å²) in [4.78, 5) is 13.7. The zero-order chi connectivity index (χ0) is 19.6. The highest BCUT2D eigenvalue weighted by atomic mass is 16.5. The molecule has 4 nitrogen and oxygen atoms in total. The quantitative estimate of drug-likeness (QED) is 0.669. The number of hydrogen-bond acceptors (Lipinski definition) is 2. The van der Waals surface area contributed by atoms with Gasteiger partial charge in [-0.2, -0.15) is 0 Å². The van der Waals surface area contributed by atoms with Gasteiger partial charge in [0.1, 0.15) is 12.3 Å². The Kier molecular flexibility index (Phi) is 8.08. The van der Waals surface area contributed by atoms with E-state index in [2.05, 4.69) is 43.4 Å². The standard InChI is InChI=1S/C23H30N2O2/c1-5-25(6-2)17-20-10-8-19(9-11-20)16-24-23(26)14-12-21-15-18(3)7-13-22(21)27-4/h7-15H,5-6,16-17H2,1-4H3,(H,24,26)/p+1/b14-12+. The highest BCUT2D eigenvalue weighted by molar-refractivity contribution is 5.92. The van der Waals surface area contributed by atoms with Crippen LogP contribution in [0.2, 0.25) is 0 Å². The fourth-order valence-electron chi connectivity index (χ4n) is 2.96. The molecular weight excluding hydrogens is 336 g/mol. The lowest BCUT2D eigenvalue weighted by molar-refractivity contribution is -0.910. The molecule has 0 aliphatic heterocycles. The minimum absolute atomic E-state index is 0.116. The molecule has 2 N–H and O–H groups in total. The van der Waals surface area contributed by atoms with Crippen LogP contribution in [0, 0.1) is 6.92 Å². The number of hydrogen-bond donors (Lipinski definition) is 2. The molecule has 27 heavy (non-hydrogen) atoms. The van der Waals surface area contributed by atoms with Crippen molar-refractivity contribution in [1.82, 2.24) is 5.32 Å². The topological polar surface area (TPSA) is 42.8 Å². The Hall–Kier alpha value is -2.59. The van der Waals surface area contributed by atoms with E-state index in [1.807, 2.05) is 25.1 Å². The number of quaternary nitrogens is 1. The highest BCUT2D eigenvalue weighted by Crippen LogP contribution is 2.20. The summed E-state index contributed by atoms with van der Waals surface area (Å²) in [6.45, 7) is 10.3. The molecule has 2 aromatic rings. The van der Waals surface area contributed by atoms with Crippen molar-refractivity contribution in [1.29, 1.82) is 0 Å². The third-order valence-corrected chi connectivity index (χ3v) is 4.74. The van der Waals surface area contributed by atoms with Crippen LogP contribution >= 0.6 is 0 Å². The molecule has 0 saturated carbocycles. The molecule has 0 spiro atoms. The van der Waals surface area contributed by atoms with E-state index in [0.717, 1.165) is 42.1 Å². The molecule has 0 unspecified atom stereocenters. The van der Waals surface area contributed by atoms with Gasteiger partial charge >= 0.3 is 0 Å². The van der Waals surface area contributed by atoms with Gasteiger partial charge in [0, 0.05) is 23.7 Å². The molecule has 1 amide bonds. The summed E-state index contributed by atoms with van der Waals surface area (Å²) in [7, 11) is 1.63. The summed E-state index contributed by atoms with van der Waals surface area (Å²) < 4.78 is 5.33. The predicted octanol–water partition coefficient (Wildman–Crippen LogP) is 2.76. The Labute approximate surface area is 162 Å². The lowest BCUT2D eigenvalue weighted by Gasteiger charge is -2.15. The second-order valence-electron chi connectivity index (χ2n) is 6.75. The van der Waals surface area contributed by atoms with Crippen molar-refractivity contribution in [3.8, 4) is 5.75 Å². The van der Waals surface area contributed by atoms with Gasteiger partial charge in [-0.25, -0.2) is 0 Å². The molecule has 144 valence electrons. The van der Waals surface area contributed by atoms with Crippen LogP contribution in [0.5, 0.6) is 5.75 Å². The highest BCUT2D eigenvalue weighted by Gasteiger charge is 2.05. The summed E-state index contributed by atoms with van der Waals surface area (Å²) in [6.07, 6.45) is 3.34. The van der Waals surface area contributed by atoms with E-state index in [4.69, 9.17) is 4.74 Å². The Morgan fingerprint density at radius 3 is 2.37 bits per heavy atom. The Morgan fingerprint density at radius 2 is 1.74 bits per heavy atom. The number of rotatable bonds is 9. The van der Waals surface area contributed by atoms with E-state index >= 15 is 0 Å². The molecule has 0 aliphatic carbocycles. The summed E-state index contributed by atoms with van der Waals surface area (Å²) in [5.74, 6) is 0.644. The van der Waals surface area contributed by atoms with E-state index in [0.29, 0.717) is 6.54 Å². The molecule has 0 aromatic heterocycles. The van der Waals surface area contributed by atoms with Crippen LogP contribution in [0.1, 0.15) is 36.1 Å². The van der Waals surface area contributed by atoms with E-state index in [1.54, 1.807) is 24.2 Å². The second-order valence-corrected chi connectivity index (χ2v) is 6.75. The molecule has 0 radical (unpaired) electrons. The van der Waals surface area contributed by atoms with E-state index in [-0.39, 0.29) is 5.91 Å². The summed E-state index contributed by atoms with van der Waals surface area (Å²) in [6, 6.07) is 14.4. The number of benzene rings is 2. The fourth-order valence-corrected chi connectivity index (χ4v) is 2.96. The van der Waals surface area contributed by atoms with Crippen LogP contribution in [-0.2, 0) is 17.9 Å². The van der Waals surface area contributed by atoms with Gasteiger partial charge in [-0.15, -0.1) is 0 Å². The molecular formula is C23H31N2O2+. The number of carbonyl (C=O) groups is 1. The average molecular weight is 368 g/mol. The SMILES string of the molecule is CC[NH+](CC)Cc1ccc(CNC(=O)/C=C/c2cc(C)ccc2OC)cc1. The van der Waals surface area contributed by atoms with E-state index in [1.165, 1.54) is 5.56 Å². The normalized spacial score (nSPS) is 11.1. The van der Waals surface area contributed by atoms with Crippen LogP contribution in [0.3, 0.4) is 0 Å². The predicted molar refractivity (Wildman–Crippen MR) is 111 cm³/mol. The Bertz CT molecular complexity index is 762. The van der Waals surface area contributed by atoms with Crippen molar-refractivity contribution in [3.63, 3.8) is 0 Å². The molecule has 0 atom stereocenters. The van der Waals surface area contributed by atoms with Gasteiger partial charge in [-0.1, -0.05) is 35.9 Å². The lowest BCUT2D eigenvalue weighted by Crippen LogP contribution is -3.10. The van der Waals surface area contributed by atoms with Gasteiger partial charge in [0.15, 0.2) is 0 Å². The minimum Gasteiger partial charge on any atom is -0.496 e. The van der Waals surface area contributed by atoms with Crippen LogP contribution in [0.4, 0.5) is 0 Å². The maximum Gasteiger partial charge on any atom is 0.244 e. The maximum absolute atomic E-state index is 12.1. The van der Waals surface area contributed by atoms with Gasteiger partial charge < -0.3 is 15.0 Å². The first kappa shape index (κ1) is 20.7. The summed E-state index contributed by atoms with van der Waals surface area (Å²) >= 11 is 0. The van der Waals surface area contributed by atoms with Crippen molar-refractivity contribution in [2.75, 3.05) is 20.2 Å². The van der Waals surface area contributed by atoms with Gasteiger partial charge in [0.2, 0.25) is 5.91 Å². The third-order valence-electron chi connectivity index (χ3n) is 4.74. The van der Waals surface area contributed by atoms with Crippen LogP contribution in [0.25, 0.3) is 6.08 Å². The maximum atomic E-state index is 12.1. The molecule has 0 fully saturated rings. The van der Waals surface area contributed by atoms with Gasteiger partial charge in [0.25, 0.3) is 0 Å². The minimum atomic E-state index is -0.116. The number of nitrogens with one attached hydrogen (secondary N) is 2. The Morgan fingerprint density at radius 1 is 1.07 bits per heavy atom. The van der Waals surface area contributed by atoms with Crippen molar-refractivity contribution in [2.24, 2.45) is 0 Å². The van der Waals surface area contributed by atoms with Crippen LogP contribution in [0.15, 0.2) is 48.5 Å². The zero-order valence-electron chi connectivity index (χ0n) is 16.8. The van der Waals surface area contributed by atoms with Crippen molar-refractivity contribution < 1.29 is 14.4 Å². The first-order valence-electron chi connectivity index (χ1n) is 9.57. The van der Waals surface area contributed by atoms with Crippen LogP contribution in [-0.4, -0.2) is 26.1 Å². The number of methoxy groups -OCH3 is 1. The van der Waals surface area contributed by atoms with Crippen molar-refractivity contribution in [3.05, 3.63) is 70.8 Å². The van der Waals surface area contributed by atoms with E-state index in [9.17, 15) is 4.79 Å². The van der Waals surface area contributed by atoms with Crippen LogP contribution < -0.4 is 15.0 Å². The zero-order valence-corrected chi connectivity index (χ0v) is 16.8. The van der Waals surface area contributed by atoms with Gasteiger partial charge in [0.05, 0.1) is 20.2 Å². The molecule has 4 heteroatoms. The second kappa shape index (κ2) is 10.5. The molecule has 0 aliphatic rings. The first-order chi connectivity index (χ1) is 13.0. The van der Waals surface area contributed by atoms with Gasteiger partial charge in [-0.3, -0.25) is 4.79 Å². The van der Waals surface area contributed by atoms with Crippen molar-refractivity contribution in [2.45, 2.75) is 33.9 Å². The number of carbonyl (C=O) groups excluding carboxylic acids is 1. The largest absolute Gasteiger partial charge is 0.496 e. The lowest BCUT2D eigenvalue weighted by atomic mass is 10.1. The molecule has 2 aromatic carbocycles. The van der Waals surface area contributed by atoms with Gasteiger partial charge in [-0.05, 0) is 44.5 Å². The first-order valence-corrected chi connectivity index (χ1v) is 9.57. The molecule has 0 heterocycles. The van der Waals surface area contributed by atoms with Crippen molar-refractivity contribution >= 4 is 12.0 Å². The number of amides is 1. The fraction of sp³-hybridized carbons (Fsp3) is 0.348. The number of ether oxygens (including phenoxy) is 1. The molecule has 0 bridgehead atoms. The Balaban J connectivity index is 1.89. The smallest absolute Gasteiger partial charge is 0.244 e. The number of aryl methyl sites for hydroxylation is 1. The monoisotopic (exact) mass is 367 g/mol. The molecule has 0 saturated heterocycles. The third kappa shape index (κ3) is 6.57. The molecule has 2 rings (SSSR count). The summed E-state index contributed by atoms with van der Waals surface area (Å²) in [5.41, 5.74) is 4.46. The van der Waals surface area contributed by atoms with E-state index < -0.39 is 0 Å².